The number of likely N-dealkylation sites (N-methyl/N-ethyl adjacent to an activating group) is 2. The summed E-state index contributed by atoms with van der Waals surface area (Å²) in [7, 11) is 0. The monoisotopic (exact) mass is 1820 g/mol. The van der Waals surface area contributed by atoms with Gasteiger partial charge in [-0.3, -0.25) is 24.0 Å². The molecule has 2 aliphatic carbocycles. The second-order valence-corrected chi connectivity index (χ2v) is 42.3. The Morgan fingerprint density at radius 2 is 0.699 bits per heavy atom. The van der Waals surface area contributed by atoms with Crippen LogP contribution in [0.4, 0.5) is 5.69 Å². The maximum atomic E-state index is 14.3. The van der Waals surface area contributed by atoms with E-state index in [4.69, 9.17) is 9.47 Å². The van der Waals surface area contributed by atoms with Crippen molar-refractivity contribution < 1.29 is 43.1 Å². The first-order valence-electron chi connectivity index (χ1n) is 47.6. The smallest absolute Gasteiger partial charge is 0.251 e. The van der Waals surface area contributed by atoms with Gasteiger partial charge in [-0.1, -0.05) is 286 Å². The Morgan fingerprint density at radius 3 is 1.00 bits per heavy atom. The van der Waals surface area contributed by atoms with E-state index in [1.54, 1.807) is 12.1 Å². The van der Waals surface area contributed by atoms with E-state index in [1.807, 2.05) is 192 Å². The summed E-state index contributed by atoms with van der Waals surface area (Å²) in [5, 5.41) is 51.6. The van der Waals surface area contributed by atoms with E-state index in [-0.39, 0.29) is 105 Å². The number of hydrogen-bond donors (Lipinski definition) is 4. The number of allylic oxidation sites excluding steroid dienone is 7. The molecule has 3 aliphatic rings. The SMILES string of the molecule is CC(C)(C)c1cc2cc(c1)C(=O)NCc1c3ccccc3c(c3ccccc13)CNC(=O)c1cc(cc(C(C)(C)C)c1)C(=O)NCc1c3ccccc3c(c3ccccc13)CNC2=O.CCN(CCOCc1cn(Cc2cc(C(C)(C)C)cc(C(C)(C)C)c2)nn1)c1ccc(C2=C([O-])C(=C3C=CC(=[N+](CC)CCOCc4cn(Cc5cc(C(C)(C)C)cc(C(C)(C)C)c5)nn4)C=C3)C2=O)cc1. The number of ketones is 1. The first-order valence-corrected chi connectivity index (χ1v) is 47.6. The van der Waals surface area contributed by atoms with E-state index in [2.05, 4.69) is 226 Å². The molecule has 13 aromatic rings. The van der Waals surface area contributed by atoms with Gasteiger partial charge in [-0.05, 0) is 228 Å². The Kier molecular flexibility index (Phi) is 28.4. The van der Waals surface area contributed by atoms with Gasteiger partial charge in [0.1, 0.15) is 24.5 Å². The van der Waals surface area contributed by atoms with E-state index < -0.39 is 0 Å². The molecule has 16 rings (SSSR count). The van der Waals surface area contributed by atoms with Crippen LogP contribution in [0.5, 0.6) is 0 Å². The van der Waals surface area contributed by atoms with Gasteiger partial charge in [0.15, 0.2) is 18.0 Å². The molecule has 0 fully saturated rings. The zero-order chi connectivity index (χ0) is 97.1. The Labute approximate surface area is 800 Å². The first kappa shape index (κ1) is 97.0. The zero-order valence-electron chi connectivity index (χ0n) is 82.7. The van der Waals surface area contributed by atoms with Gasteiger partial charge in [0.05, 0.1) is 45.3 Å². The minimum absolute atomic E-state index is 0.0428. The van der Waals surface area contributed by atoms with Gasteiger partial charge in [-0.15, -0.1) is 10.2 Å². The van der Waals surface area contributed by atoms with E-state index in [0.717, 1.165) is 112 Å². The fraction of sp³-hybridized carbons (Fsp3) is 0.345. The highest BCUT2D eigenvalue weighted by atomic mass is 16.5. The van der Waals surface area contributed by atoms with Crippen LogP contribution in [0.2, 0.25) is 0 Å². The molecule has 20 heteroatoms. The molecule has 1 aliphatic heterocycles. The van der Waals surface area contributed by atoms with Crippen LogP contribution in [0.3, 0.4) is 0 Å². The lowest BCUT2D eigenvalue weighted by Gasteiger charge is -2.32. The molecule has 702 valence electrons. The number of aromatic nitrogens is 6. The Hall–Kier alpha value is -13.6. The lowest BCUT2D eigenvalue weighted by molar-refractivity contribution is -0.526. The molecule has 4 N–H and O–H groups in total. The van der Waals surface area contributed by atoms with Gasteiger partial charge < -0.3 is 40.7 Å². The number of carbonyl (C=O) groups excluding carboxylic acids is 5. The predicted molar refractivity (Wildman–Crippen MR) is 545 cm³/mol. The molecular formula is C116H130N12O8. The molecule has 0 saturated heterocycles. The molecular weight excluding hydrogens is 1690 g/mol. The van der Waals surface area contributed by atoms with Crippen LogP contribution in [-0.4, -0.2) is 109 Å². The van der Waals surface area contributed by atoms with Crippen molar-refractivity contribution in [1.82, 2.24) is 51.3 Å². The van der Waals surface area contributed by atoms with Crippen LogP contribution in [0.1, 0.15) is 264 Å². The highest BCUT2D eigenvalue weighted by molar-refractivity contribution is 6.39. The normalized spacial score (nSPS) is 14.5. The second kappa shape index (κ2) is 39.8. The van der Waals surface area contributed by atoms with Crippen molar-refractivity contribution in [3.63, 3.8) is 0 Å². The van der Waals surface area contributed by atoms with Crippen molar-refractivity contribution in [1.29, 1.82) is 0 Å². The number of amides is 4. The van der Waals surface area contributed by atoms with E-state index in [0.29, 0.717) is 86.0 Å². The van der Waals surface area contributed by atoms with Crippen molar-refractivity contribution in [3.05, 3.63) is 354 Å². The van der Waals surface area contributed by atoms with Gasteiger partial charge in [0.25, 0.3) is 23.6 Å². The summed E-state index contributed by atoms with van der Waals surface area (Å²) in [6.07, 6.45) is 11.6. The number of nitrogens with one attached hydrogen (secondary N) is 4. The Balaban J connectivity index is 0.000000208. The largest absolute Gasteiger partial charge is 0.871 e. The van der Waals surface area contributed by atoms with Crippen LogP contribution >= 0.6 is 0 Å². The zero-order valence-corrected chi connectivity index (χ0v) is 82.7. The molecule has 0 unspecified atom stereocenters. The fourth-order valence-electron chi connectivity index (χ4n) is 18.0. The van der Waals surface area contributed by atoms with Crippen molar-refractivity contribution >= 4 is 89.5 Å². The number of rotatable bonds is 18. The van der Waals surface area contributed by atoms with Crippen LogP contribution in [-0.2, 0) is 99.2 Å². The molecule has 11 aromatic carbocycles. The molecule has 3 heterocycles. The van der Waals surface area contributed by atoms with Gasteiger partial charge in [-0.2, -0.15) is 0 Å². The quantitative estimate of drug-likeness (QED) is 0.0271. The number of hydrogen-bond acceptors (Lipinski definition) is 13. The van der Waals surface area contributed by atoms with E-state index >= 15 is 0 Å². The van der Waals surface area contributed by atoms with Crippen molar-refractivity contribution in [3.8, 4) is 0 Å². The summed E-state index contributed by atoms with van der Waals surface area (Å²) in [5.74, 6) is -1.61. The molecule has 20 nitrogen and oxygen atoms in total. The Bertz CT molecular complexity index is 6350. The fourth-order valence-corrected chi connectivity index (χ4v) is 18.0. The second-order valence-electron chi connectivity index (χ2n) is 42.3. The van der Waals surface area contributed by atoms with E-state index in [9.17, 15) is 29.1 Å². The van der Waals surface area contributed by atoms with Crippen LogP contribution in [0.15, 0.2) is 248 Å². The number of carbonyl (C=O) groups is 5. The van der Waals surface area contributed by atoms with Crippen molar-refractivity contribution in [2.45, 2.75) is 223 Å². The molecule has 0 atom stereocenters. The number of benzene rings is 11. The van der Waals surface area contributed by atoms with E-state index in [1.165, 1.54) is 33.4 Å². The average Bonchev–Trinajstić information content (AvgIpc) is 0.830. The number of nitrogens with zero attached hydrogens (tertiary/aromatic N) is 8. The predicted octanol–water partition coefficient (Wildman–Crippen LogP) is 20.9. The third-order valence-corrected chi connectivity index (χ3v) is 26.2. The topological polar surface area (TPSA) is 243 Å². The van der Waals surface area contributed by atoms with Gasteiger partial charge in [0, 0.05) is 90.5 Å². The summed E-state index contributed by atoms with van der Waals surface area (Å²) in [4.78, 5) is 72.8. The van der Waals surface area contributed by atoms with Gasteiger partial charge in [-0.25, -0.2) is 13.9 Å². The average molecular weight is 1820 g/mol. The highest BCUT2D eigenvalue weighted by Crippen LogP contribution is 2.41. The van der Waals surface area contributed by atoms with Gasteiger partial charge >= 0.3 is 0 Å². The number of ether oxygens (including phenoxy) is 2. The maximum Gasteiger partial charge on any atom is 0.251 e. The molecule has 136 heavy (non-hydrogen) atoms. The summed E-state index contributed by atoms with van der Waals surface area (Å²) < 4.78 is 18.1. The highest BCUT2D eigenvalue weighted by Gasteiger charge is 2.33. The Morgan fingerprint density at radius 1 is 0.382 bits per heavy atom. The molecule has 2 aromatic heterocycles. The molecule has 8 bridgehead atoms. The lowest BCUT2D eigenvalue weighted by Crippen LogP contribution is -2.30. The summed E-state index contributed by atoms with van der Waals surface area (Å²) in [6, 6.07) is 64.5. The number of anilines is 1. The minimum atomic E-state index is -0.349. The molecule has 4 amide bonds. The van der Waals surface area contributed by atoms with Crippen molar-refractivity contribution in [2.75, 3.05) is 44.3 Å². The summed E-state index contributed by atoms with van der Waals surface area (Å²) in [5.41, 5.74) is 19.5. The molecule has 0 radical (unpaired) electrons. The third-order valence-electron chi connectivity index (χ3n) is 26.2. The first-order chi connectivity index (χ1) is 64.6. The third kappa shape index (κ3) is 22.2. The minimum Gasteiger partial charge on any atom is -0.871 e. The van der Waals surface area contributed by atoms with Crippen LogP contribution in [0, 0.1) is 0 Å². The lowest BCUT2D eigenvalue weighted by atomic mass is 9.79. The van der Waals surface area contributed by atoms with Gasteiger partial charge in [0.2, 0.25) is 0 Å². The summed E-state index contributed by atoms with van der Waals surface area (Å²) in [6.45, 7) is 50.4. The number of Topliss-reactive ketones (excluding diaryl/α,β-unsaturated/α-hetero) is 1. The maximum absolute atomic E-state index is 14.3. The standard InChI is InChI=1S/C60H78N8O4.C56H52N4O4/c1-15-65(25-27-71-39-49-37-67(63-61-49)35-41-29-45(57(3,4)5)33-46(30-41)58(6,7)8)51-21-17-43(18-22-51)53-55(69)54(56(53)70)44-19-23-52(24-20-44)66(16-2)26-28-72-40-50-38-68(64-62-50)36-42-31-47(59(9,10)11)34-48(32-42)60(12,13)14;1-55(2,3)37-25-33-23-34(26-37)52(62)58-30-48-41-17-9-13-21-45(41)50(46-22-14-10-18-42(46)48)32-60-54(64)36-24-35(27-38(28-36)56(4,5)6)53(63)59-31-49-43-19-11-7-15-39(43)47(29-57-51(33)61)40-16-8-12-20-44(40)49/h17-24,29-34,37-38H,15-16,25-28,35-36,39-40H2,1-14H3;7-28H,29-32H2,1-6H3,(H,57,61)(H,58,62)(H,59,63)(H,60,64). The summed E-state index contributed by atoms with van der Waals surface area (Å²) >= 11 is 0. The van der Waals surface area contributed by atoms with Crippen LogP contribution < -0.4 is 31.3 Å². The van der Waals surface area contributed by atoms with Crippen molar-refractivity contribution in [2.24, 2.45) is 0 Å². The number of fused-ring (bicyclic) bond motifs is 10. The van der Waals surface area contributed by atoms with Crippen LogP contribution in [0.25, 0.3) is 48.7 Å². The molecule has 0 saturated carbocycles. The molecule has 0 spiro atoms.